The molecule has 0 saturated heterocycles. The Hall–Kier alpha value is -1.31. The predicted molar refractivity (Wildman–Crippen MR) is 85.0 cm³/mol. The standard InChI is InChI=1S/C15H12Br2N2/c1-10(12-4-2-11(9-18)3-5-12)19-15-8-13(16)6-7-14(15)17/h2-8,10,19H,1H3. The first-order valence-electron chi connectivity index (χ1n) is 5.82. The molecule has 0 saturated carbocycles. The SMILES string of the molecule is CC(Nc1cc(Br)ccc1Br)c1ccc(C#N)cc1. The average Bonchev–Trinajstić information content (AvgIpc) is 2.43. The molecule has 0 aliphatic heterocycles. The summed E-state index contributed by atoms with van der Waals surface area (Å²) >= 11 is 6.99. The molecule has 0 amide bonds. The van der Waals surface area contributed by atoms with Crippen LogP contribution in [0.4, 0.5) is 5.69 Å². The Balaban J connectivity index is 2.18. The normalized spacial score (nSPS) is 11.7. The number of hydrogen-bond donors (Lipinski definition) is 1. The van der Waals surface area contributed by atoms with Crippen LogP contribution in [0, 0.1) is 11.3 Å². The molecule has 2 aromatic carbocycles. The van der Waals surface area contributed by atoms with Crippen molar-refractivity contribution in [2.24, 2.45) is 0 Å². The molecule has 0 bridgehead atoms. The summed E-state index contributed by atoms with van der Waals surface area (Å²) in [6, 6.07) is 15.9. The fraction of sp³-hybridized carbons (Fsp3) is 0.133. The van der Waals surface area contributed by atoms with Gasteiger partial charge >= 0.3 is 0 Å². The van der Waals surface area contributed by atoms with Crippen LogP contribution in [0.1, 0.15) is 24.1 Å². The van der Waals surface area contributed by atoms with Crippen LogP contribution in [-0.4, -0.2) is 0 Å². The lowest BCUT2D eigenvalue weighted by atomic mass is 10.1. The number of rotatable bonds is 3. The van der Waals surface area contributed by atoms with E-state index in [1.54, 1.807) is 0 Å². The van der Waals surface area contributed by atoms with E-state index < -0.39 is 0 Å². The lowest BCUT2D eigenvalue weighted by Gasteiger charge is -2.17. The lowest BCUT2D eigenvalue weighted by molar-refractivity contribution is 0.883. The smallest absolute Gasteiger partial charge is 0.0991 e. The number of nitriles is 1. The van der Waals surface area contributed by atoms with E-state index in [0.717, 1.165) is 20.2 Å². The van der Waals surface area contributed by atoms with Crippen molar-refractivity contribution in [1.29, 1.82) is 5.26 Å². The van der Waals surface area contributed by atoms with E-state index in [4.69, 9.17) is 5.26 Å². The minimum atomic E-state index is 0.165. The van der Waals surface area contributed by atoms with Crippen LogP contribution in [0.5, 0.6) is 0 Å². The molecule has 96 valence electrons. The monoisotopic (exact) mass is 378 g/mol. The molecule has 2 aromatic rings. The molecule has 2 rings (SSSR count). The van der Waals surface area contributed by atoms with Crippen molar-refractivity contribution >= 4 is 37.5 Å². The highest BCUT2D eigenvalue weighted by Crippen LogP contribution is 2.29. The van der Waals surface area contributed by atoms with Gasteiger partial charge in [-0.1, -0.05) is 28.1 Å². The van der Waals surface area contributed by atoms with E-state index in [1.807, 2.05) is 42.5 Å². The summed E-state index contributed by atoms with van der Waals surface area (Å²) in [5.74, 6) is 0. The number of nitrogens with one attached hydrogen (secondary N) is 1. The number of hydrogen-bond acceptors (Lipinski definition) is 2. The minimum Gasteiger partial charge on any atom is -0.378 e. The molecule has 0 heterocycles. The number of anilines is 1. The van der Waals surface area contributed by atoms with E-state index in [-0.39, 0.29) is 6.04 Å². The van der Waals surface area contributed by atoms with Crippen molar-refractivity contribution in [2.75, 3.05) is 5.32 Å². The van der Waals surface area contributed by atoms with E-state index in [1.165, 1.54) is 0 Å². The van der Waals surface area contributed by atoms with Crippen LogP contribution >= 0.6 is 31.9 Å². The van der Waals surface area contributed by atoms with Crippen LogP contribution < -0.4 is 5.32 Å². The third kappa shape index (κ3) is 3.59. The maximum atomic E-state index is 8.79. The Kier molecular flexibility index (Phi) is 4.62. The van der Waals surface area contributed by atoms with Gasteiger partial charge in [0.2, 0.25) is 0 Å². The highest BCUT2D eigenvalue weighted by atomic mass is 79.9. The first-order valence-corrected chi connectivity index (χ1v) is 7.40. The zero-order valence-corrected chi connectivity index (χ0v) is 13.5. The highest BCUT2D eigenvalue weighted by Gasteiger charge is 2.08. The van der Waals surface area contributed by atoms with Gasteiger partial charge in [0.1, 0.15) is 0 Å². The predicted octanol–water partition coefficient (Wildman–Crippen LogP) is 5.26. The first-order chi connectivity index (χ1) is 9.10. The van der Waals surface area contributed by atoms with Crippen molar-refractivity contribution in [3.63, 3.8) is 0 Å². The van der Waals surface area contributed by atoms with Gasteiger partial charge in [0.05, 0.1) is 17.3 Å². The fourth-order valence-corrected chi connectivity index (χ4v) is 2.49. The second-order valence-corrected chi connectivity index (χ2v) is 5.99. The highest BCUT2D eigenvalue weighted by molar-refractivity contribution is 9.11. The van der Waals surface area contributed by atoms with Gasteiger partial charge in [-0.15, -0.1) is 0 Å². The molecular formula is C15H12Br2N2. The molecule has 1 unspecified atom stereocenters. The van der Waals surface area contributed by atoms with E-state index >= 15 is 0 Å². The van der Waals surface area contributed by atoms with Gasteiger partial charge in [-0.25, -0.2) is 0 Å². The van der Waals surface area contributed by atoms with Crippen LogP contribution in [0.25, 0.3) is 0 Å². The molecule has 0 aromatic heterocycles. The van der Waals surface area contributed by atoms with Crippen LogP contribution in [-0.2, 0) is 0 Å². The second-order valence-electron chi connectivity index (χ2n) is 4.22. The van der Waals surface area contributed by atoms with Crippen molar-refractivity contribution in [3.8, 4) is 6.07 Å². The summed E-state index contributed by atoms with van der Waals surface area (Å²) < 4.78 is 2.06. The zero-order chi connectivity index (χ0) is 13.8. The third-order valence-corrected chi connectivity index (χ3v) is 4.02. The Labute approximate surface area is 129 Å². The lowest BCUT2D eigenvalue weighted by Crippen LogP contribution is -2.07. The maximum absolute atomic E-state index is 8.79. The molecule has 1 N–H and O–H groups in total. The van der Waals surface area contributed by atoms with Crippen molar-refractivity contribution in [2.45, 2.75) is 13.0 Å². The summed E-state index contributed by atoms with van der Waals surface area (Å²) in [6.45, 7) is 2.09. The summed E-state index contributed by atoms with van der Waals surface area (Å²) in [5.41, 5.74) is 2.86. The first kappa shape index (κ1) is 14.1. The Morgan fingerprint density at radius 2 is 1.79 bits per heavy atom. The Morgan fingerprint density at radius 3 is 2.42 bits per heavy atom. The quantitative estimate of drug-likeness (QED) is 0.789. The number of nitrogens with zero attached hydrogens (tertiary/aromatic N) is 1. The van der Waals surface area contributed by atoms with Gasteiger partial charge in [-0.3, -0.25) is 0 Å². The van der Waals surface area contributed by atoms with Crippen LogP contribution in [0.3, 0.4) is 0 Å². The van der Waals surface area contributed by atoms with E-state index in [0.29, 0.717) is 5.56 Å². The van der Waals surface area contributed by atoms with Crippen molar-refractivity contribution < 1.29 is 0 Å². The molecule has 0 fully saturated rings. The summed E-state index contributed by atoms with van der Waals surface area (Å²) in [5, 5.41) is 12.2. The molecular weight excluding hydrogens is 368 g/mol. The molecule has 19 heavy (non-hydrogen) atoms. The largest absolute Gasteiger partial charge is 0.378 e. The molecule has 1 atom stereocenters. The molecule has 0 aliphatic rings. The van der Waals surface area contributed by atoms with Gasteiger partial charge in [-0.2, -0.15) is 5.26 Å². The van der Waals surface area contributed by atoms with Gasteiger partial charge in [-0.05, 0) is 58.7 Å². The average molecular weight is 380 g/mol. The Bertz CT molecular complexity index is 615. The molecule has 0 aliphatic carbocycles. The van der Waals surface area contributed by atoms with Gasteiger partial charge in [0, 0.05) is 15.0 Å². The van der Waals surface area contributed by atoms with Gasteiger partial charge < -0.3 is 5.32 Å². The third-order valence-electron chi connectivity index (χ3n) is 2.84. The summed E-state index contributed by atoms with van der Waals surface area (Å²) in [6.07, 6.45) is 0. The fourth-order valence-electron chi connectivity index (χ4n) is 1.77. The van der Waals surface area contributed by atoms with E-state index in [2.05, 4.69) is 50.2 Å². The number of benzene rings is 2. The van der Waals surface area contributed by atoms with Crippen molar-refractivity contribution in [3.05, 3.63) is 62.5 Å². The summed E-state index contributed by atoms with van der Waals surface area (Å²) in [4.78, 5) is 0. The Morgan fingerprint density at radius 1 is 1.11 bits per heavy atom. The van der Waals surface area contributed by atoms with Crippen LogP contribution in [0.15, 0.2) is 51.4 Å². The second kappa shape index (κ2) is 6.23. The maximum Gasteiger partial charge on any atom is 0.0991 e. The number of halogens is 2. The van der Waals surface area contributed by atoms with Crippen molar-refractivity contribution in [1.82, 2.24) is 0 Å². The molecule has 2 nitrogen and oxygen atoms in total. The minimum absolute atomic E-state index is 0.165. The molecule has 4 heteroatoms. The molecule has 0 spiro atoms. The molecule has 0 radical (unpaired) electrons. The van der Waals surface area contributed by atoms with E-state index in [9.17, 15) is 0 Å². The zero-order valence-electron chi connectivity index (χ0n) is 10.3. The van der Waals surface area contributed by atoms with Gasteiger partial charge in [0.25, 0.3) is 0 Å². The topological polar surface area (TPSA) is 35.8 Å². The van der Waals surface area contributed by atoms with Gasteiger partial charge in [0.15, 0.2) is 0 Å². The summed E-state index contributed by atoms with van der Waals surface area (Å²) in [7, 11) is 0. The van der Waals surface area contributed by atoms with Crippen LogP contribution in [0.2, 0.25) is 0 Å².